The van der Waals surface area contributed by atoms with Gasteiger partial charge in [-0.25, -0.2) is 0 Å². The lowest BCUT2D eigenvalue weighted by Crippen LogP contribution is -2.74. The van der Waals surface area contributed by atoms with Gasteiger partial charge in [0.15, 0.2) is 8.07 Å². The van der Waals surface area contributed by atoms with Crippen molar-refractivity contribution in [3.63, 3.8) is 0 Å². The second kappa shape index (κ2) is 18.2. The van der Waals surface area contributed by atoms with Gasteiger partial charge >= 0.3 is 0 Å². The van der Waals surface area contributed by atoms with Crippen LogP contribution in [0.4, 0.5) is 34.1 Å². The molecule has 0 fully saturated rings. The molecule has 0 atom stereocenters. The van der Waals surface area contributed by atoms with Crippen LogP contribution < -0.4 is 46.2 Å². The van der Waals surface area contributed by atoms with Crippen LogP contribution in [0.5, 0.6) is 0 Å². The van der Waals surface area contributed by atoms with Gasteiger partial charge in [-0.15, -0.1) is 11.3 Å². The van der Waals surface area contributed by atoms with Gasteiger partial charge in [0.25, 0.3) is 6.71 Å². The zero-order valence-electron chi connectivity index (χ0n) is 47.4. The second-order valence-electron chi connectivity index (χ2n) is 26.1. The van der Waals surface area contributed by atoms with Crippen LogP contribution in [0, 0.1) is 6.92 Å². The molecule has 5 heteroatoms. The van der Waals surface area contributed by atoms with Gasteiger partial charge in [0.2, 0.25) is 0 Å². The third-order valence-corrected chi connectivity index (χ3v) is 24.0. The Morgan fingerprint density at radius 1 is 0.462 bits per heavy atom. The number of aryl methyl sites for hydroxylation is 1. The second-order valence-corrected chi connectivity index (χ2v) is 31.0. The molecule has 2 nitrogen and oxygen atoms in total. The topological polar surface area (TPSA) is 6.48 Å². The molecule has 1 aliphatic carbocycles. The Labute approximate surface area is 469 Å². The van der Waals surface area contributed by atoms with Crippen LogP contribution in [-0.4, -0.2) is 14.8 Å². The summed E-state index contributed by atoms with van der Waals surface area (Å²) in [4.78, 5) is 5.25. The summed E-state index contributed by atoms with van der Waals surface area (Å²) in [5.74, 6) is 0. The van der Waals surface area contributed by atoms with Crippen LogP contribution in [0.1, 0.15) is 110 Å². The highest BCUT2D eigenvalue weighted by Gasteiger charge is 2.47. The van der Waals surface area contributed by atoms with E-state index in [2.05, 4.69) is 292 Å². The zero-order chi connectivity index (χ0) is 54.1. The molecule has 9 aromatic carbocycles. The van der Waals surface area contributed by atoms with E-state index < -0.39 is 8.07 Å². The number of fused-ring (bicyclic) bond motifs is 7. The van der Waals surface area contributed by atoms with E-state index in [0.717, 1.165) is 0 Å². The fourth-order valence-corrected chi connectivity index (χ4v) is 19.7. The maximum absolute atomic E-state index is 2.74. The van der Waals surface area contributed by atoms with Crippen molar-refractivity contribution in [1.82, 2.24) is 0 Å². The summed E-state index contributed by atoms with van der Waals surface area (Å²) >= 11 is 2.04. The Morgan fingerprint density at radius 3 is 1.53 bits per heavy atom. The SMILES string of the molecule is Cc1cc2c3c(c1)N(c1ccc(-c4cccc([Si](c5ccccc5)(c5ccccc5)c5ccccc5)c4)cc1)c1c(sc4cc5c(cc14)C(C)(C)CCC5(C)C)B3c1cc(C(C)(C)C)ccc1N2c1ccc(C(C)(C)C)cc1. The summed E-state index contributed by atoms with van der Waals surface area (Å²) < 4.78 is 2.81. The van der Waals surface area contributed by atoms with Crippen LogP contribution in [0.15, 0.2) is 206 Å². The summed E-state index contributed by atoms with van der Waals surface area (Å²) in [6.07, 6.45) is 2.36. The number of benzene rings is 9. The minimum absolute atomic E-state index is 0.0277. The standard InChI is InChI=1S/C73H71BN2SSi/c1-48-42-64-67-65(43-48)76(54-35-30-49(31-36-54)50-22-21-29-58(44-50)78(55-23-15-12-16-24-55,56-25-17-13-18-26-56)57-27-19-14-20-28-57)68-59-46-60-61(73(10,11)41-40-72(60,8)9)47-66(59)77-69(68)74(67)62-45-52(71(5,6)7)34-39-63(62)75(64)53-37-32-51(33-38-53)70(2,3)4/h12-39,42-47H,40-41H2,1-11H3. The molecule has 0 spiro atoms. The lowest BCUT2D eigenvalue weighted by molar-refractivity contribution is 0.332. The predicted molar refractivity (Wildman–Crippen MR) is 342 cm³/mol. The highest BCUT2D eigenvalue weighted by Crippen LogP contribution is 2.53. The Balaban J connectivity index is 1.04. The van der Waals surface area contributed by atoms with Gasteiger partial charge < -0.3 is 9.80 Å². The first-order valence-corrected chi connectivity index (χ1v) is 31.1. The number of thiophene rings is 1. The average Bonchev–Trinajstić information content (AvgIpc) is 4.02. The van der Waals surface area contributed by atoms with Crippen molar-refractivity contribution in [3.05, 3.63) is 234 Å². The van der Waals surface area contributed by atoms with Crippen LogP contribution in [0.3, 0.4) is 0 Å². The summed E-state index contributed by atoms with van der Waals surface area (Å²) in [6, 6.07) is 79.9. The Hall–Kier alpha value is -7.18. The molecule has 386 valence electrons. The number of anilines is 6. The molecule has 0 saturated carbocycles. The highest BCUT2D eigenvalue weighted by atomic mass is 32.1. The fraction of sp³-hybridized carbons (Fsp3) is 0.233. The number of hydrogen-bond acceptors (Lipinski definition) is 3. The fourth-order valence-electron chi connectivity index (χ4n) is 13.6. The van der Waals surface area contributed by atoms with Gasteiger partial charge in [0.05, 0.1) is 5.69 Å². The minimum Gasteiger partial charge on any atom is -0.311 e. The largest absolute Gasteiger partial charge is 0.311 e. The Kier molecular flexibility index (Phi) is 11.7. The normalized spacial score (nSPS) is 15.4. The number of hydrogen-bond donors (Lipinski definition) is 0. The van der Waals surface area contributed by atoms with Gasteiger partial charge in [-0.2, -0.15) is 0 Å². The van der Waals surface area contributed by atoms with Gasteiger partial charge in [0.1, 0.15) is 0 Å². The lowest BCUT2D eigenvalue weighted by Gasteiger charge is -2.44. The zero-order valence-corrected chi connectivity index (χ0v) is 49.2. The quantitative estimate of drug-likeness (QED) is 0.116. The molecular weight excluding hydrogens is 976 g/mol. The predicted octanol–water partition coefficient (Wildman–Crippen LogP) is 15.3. The third kappa shape index (κ3) is 8.01. The number of nitrogens with zero attached hydrogens (tertiary/aromatic N) is 2. The molecule has 0 bridgehead atoms. The third-order valence-electron chi connectivity index (χ3n) is 18.0. The first-order chi connectivity index (χ1) is 37.3. The summed E-state index contributed by atoms with van der Waals surface area (Å²) in [7, 11) is -2.74. The molecule has 0 saturated heterocycles. The minimum atomic E-state index is -2.74. The molecular formula is C73H71BN2SSi. The summed E-state index contributed by atoms with van der Waals surface area (Å²) in [5, 5.41) is 6.87. The molecule has 0 N–H and O–H groups in total. The molecule has 0 unspecified atom stereocenters. The molecule has 1 aromatic heterocycles. The van der Waals surface area contributed by atoms with E-state index in [1.54, 1.807) is 0 Å². The van der Waals surface area contributed by atoms with Gasteiger partial charge in [-0.3, -0.25) is 0 Å². The highest BCUT2D eigenvalue weighted by molar-refractivity contribution is 7.33. The van der Waals surface area contributed by atoms with Crippen LogP contribution in [-0.2, 0) is 21.7 Å². The molecule has 13 rings (SSSR count). The molecule has 10 aromatic rings. The van der Waals surface area contributed by atoms with E-state index in [9.17, 15) is 0 Å². The lowest BCUT2D eigenvalue weighted by atomic mass is 9.36. The van der Waals surface area contributed by atoms with Crippen LogP contribution in [0.25, 0.3) is 21.2 Å². The van der Waals surface area contributed by atoms with E-state index >= 15 is 0 Å². The molecule has 3 aliphatic rings. The van der Waals surface area contributed by atoms with Crippen LogP contribution >= 0.6 is 11.3 Å². The van der Waals surface area contributed by atoms with Crippen molar-refractivity contribution in [2.24, 2.45) is 0 Å². The van der Waals surface area contributed by atoms with Crippen molar-refractivity contribution >= 4 is 107 Å². The van der Waals surface area contributed by atoms with Gasteiger partial charge in [-0.1, -0.05) is 221 Å². The molecule has 78 heavy (non-hydrogen) atoms. The Morgan fingerprint density at radius 2 is 0.962 bits per heavy atom. The smallest absolute Gasteiger partial charge is 0.264 e. The average molecular weight is 1050 g/mol. The molecule has 0 radical (unpaired) electrons. The van der Waals surface area contributed by atoms with E-state index in [0.29, 0.717) is 0 Å². The van der Waals surface area contributed by atoms with Gasteiger partial charge in [-0.05, 0) is 167 Å². The first-order valence-electron chi connectivity index (χ1n) is 28.3. The maximum atomic E-state index is 2.67. The van der Waals surface area contributed by atoms with Crippen molar-refractivity contribution in [3.8, 4) is 11.1 Å². The molecule has 2 aliphatic heterocycles. The van der Waals surface area contributed by atoms with Crippen LogP contribution in [0.2, 0.25) is 0 Å². The summed E-state index contributed by atoms with van der Waals surface area (Å²) in [5.41, 5.74) is 19.8. The monoisotopic (exact) mass is 1050 g/mol. The van der Waals surface area contributed by atoms with E-state index in [1.807, 2.05) is 11.3 Å². The van der Waals surface area contributed by atoms with Crippen molar-refractivity contribution in [2.45, 2.75) is 111 Å². The summed E-state index contributed by atoms with van der Waals surface area (Å²) in [6.45, 7) is 26.2. The molecule has 0 amide bonds. The maximum Gasteiger partial charge on any atom is 0.264 e. The van der Waals surface area contributed by atoms with Crippen molar-refractivity contribution in [2.75, 3.05) is 9.80 Å². The van der Waals surface area contributed by atoms with Crippen molar-refractivity contribution < 1.29 is 0 Å². The van der Waals surface area contributed by atoms with Crippen molar-refractivity contribution in [1.29, 1.82) is 0 Å². The van der Waals surface area contributed by atoms with E-state index in [4.69, 9.17) is 0 Å². The van der Waals surface area contributed by atoms with E-state index in [-0.39, 0.29) is 28.4 Å². The van der Waals surface area contributed by atoms with Gasteiger partial charge in [0, 0.05) is 43.3 Å². The number of rotatable bonds is 7. The first kappa shape index (κ1) is 50.3. The Bertz CT molecular complexity index is 3840. The van der Waals surface area contributed by atoms with E-state index in [1.165, 1.54) is 132 Å². The molecule has 3 heterocycles.